The Morgan fingerprint density at radius 3 is 3.04 bits per heavy atom. The first-order chi connectivity index (χ1) is 12.2. The summed E-state index contributed by atoms with van der Waals surface area (Å²) in [7, 11) is 1.67. The molecule has 3 aromatic rings. The maximum Gasteiger partial charge on any atom is 0.224 e. The molecular weight excluding hydrogens is 314 g/mol. The molecule has 4 rings (SSSR count). The maximum absolute atomic E-state index is 12.4. The van der Waals surface area contributed by atoms with Gasteiger partial charge in [0.2, 0.25) is 5.91 Å². The lowest BCUT2D eigenvalue weighted by Crippen LogP contribution is -2.25. The number of aryl methyl sites for hydroxylation is 1. The van der Waals surface area contributed by atoms with Crippen LogP contribution >= 0.6 is 0 Å². The lowest BCUT2D eigenvalue weighted by Gasteiger charge is -2.07. The molecule has 0 spiro atoms. The third kappa shape index (κ3) is 3.09. The smallest absolute Gasteiger partial charge is 0.224 e. The second kappa shape index (κ2) is 6.24. The first kappa shape index (κ1) is 15.7. The summed E-state index contributed by atoms with van der Waals surface area (Å²) >= 11 is 0. The fourth-order valence-electron chi connectivity index (χ4n) is 3.33. The Morgan fingerprint density at radius 1 is 1.36 bits per heavy atom. The van der Waals surface area contributed by atoms with Crippen molar-refractivity contribution in [1.82, 2.24) is 14.7 Å². The van der Waals surface area contributed by atoms with Crippen LogP contribution in [0.4, 0.5) is 0 Å². The molecule has 1 saturated carbocycles. The van der Waals surface area contributed by atoms with E-state index < -0.39 is 0 Å². The lowest BCUT2D eigenvalue weighted by molar-refractivity contribution is -0.122. The third-order valence-corrected chi connectivity index (χ3v) is 4.77. The number of carbonyl (C=O) groups is 1. The molecule has 2 heterocycles. The Balaban J connectivity index is 1.39. The van der Waals surface area contributed by atoms with Gasteiger partial charge in [-0.05, 0) is 48.6 Å². The quantitative estimate of drug-likeness (QED) is 0.779. The highest BCUT2D eigenvalue weighted by Gasteiger charge is 2.45. The van der Waals surface area contributed by atoms with Crippen LogP contribution in [0.3, 0.4) is 0 Å². The van der Waals surface area contributed by atoms with E-state index in [0.29, 0.717) is 6.54 Å². The number of ether oxygens (including phenoxy) is 1. The number of pyridine rings is 1. The Bertz CT molecular complexity index is 932. The number of fused-ring (bicyclic) bond motifs is 1. The van der Waals surface area contributed by atoms with Gasteiger partial charge in [-0.15, -0.1) is 0 Å². The topological polar surface area (TPSA) is 55.6 Å². The van der Waals surface area contributed by atoms with Gasteiger partial charge < -0.3 is 14.5 Å². The van der Waals surface area contributed by atoms with Gasteiger partial charge in [-0.1, -0.05) is 18.2 Å². The summed E-state index contributed by atoms with van der Waals surface area (Å²) < 4.78 is 7.38. The number of carbonyl (C=O) groups excluding carboxylic acids is 1. The third-order valence-electron chi connectivity index (χ3n) is 4.77. The summed E-state index contributed by atoms with van der Waals surface area (Å²) in [5, 5.41) is 3.02. The van der Waals surface area contributed by atoms with Gasteiger partial charge in [-0.25, -0.2) is 4.98 Å². The van der Waals surface area contributed by atoms with Crippen LogP contribution in [0.5, 0.6) is 5.75 Å². The molecular formula is C20H21N3O2. The van der Waals surface area contributed by atoms with Crippen molar-refractivity contribution in [3.63, 3.8) is 0 Å². The number of rotatable bonds is 5. The Hall–Kier alpha value is -2.82. The number of benzene rings is 1. The van der Waals surface area contributed by atoms with E-state index in [4.69, 9.17) is 4.74 Å². The summed E-state index contributed by atoms with van der Waals surface area (Å²) in [5.41, 5.74) is 4.07. The zero-order valence-electron chi connectivity index (χ0n) is 14.4. The first-order valence-corrected chi connectivity index (χ1v) is 8.50. The Morgan fingerprint density at radius 2 is 2.20 bits per heavy atom. The molecule has 0 radical (unpaired) electrons. The maximum atomic E-state index is 12.4. The second-order valence-electron chi connectivity index (χ2n) is 6.61. The Kier molecular flexibility index (Phi) is 3.92. The highest BCUT2D eigenvalue weighted by molar-refractivity contribution is 5.83. The van der Waals surface area contributed by atoms with Crippen LogP contribution in [0.1, 0.15) is 29.2 Å². The lowest BCUT2D eigenvalue weighted by atomic mass is 10.1. The van der Waals surface area contributed by atoms with Crippen molar-refractivity contribution in [3.05, 3.63) is 65.6 Å². The molecule has 1 N–H and O–H groups in total. The number of amides is 1. The van der Waals surface area contributed by atoms with E-state index in [1.165, 1.54) is 5.56 Å². The normalized spacial score (nSPS) is 19.0. The average Bonchev–Trinajstić information content (AvgIpc) is 3.32. The molecule has 128 valence electrons. The molecule has 5 heteroatoms. The number of hydrogen-bond acceptors (Lipinski definition) is 3. The van der Waals surface area contributed by atoms with Gasteiger partial charge in [-0.3, -0.25) is 4.79 Å². The molecule has 0 unspecified atom stereocenters. The molecule has 1 aromatic carbocycles. The molecule has 2 aromatic heterocycles. The fourth-order valence-corrected chi connectivity index (χ4v) is 3.33. The van der Waals surface area contributed by atoms with Crippen molar-refractivity contribution in [2.75, 3.05) is 7.11 Å². The average molecular weight is 335 g/mol. The van der Waals surface area contributed by atoms with E-state index in [-0.39, 0.29) is 17.7 Å². The molecule has 1 fully saturated rings. The van der Waals surface area contributed by atoms with E-state index in [1.807, 2.05) is 60.1 Å². The van der Waals surface area contributed by atoms with E-state index in [2.05, 4.69) is 10.3 Å². The predicted octanol–water partition coefficient (Wildman–Crippen LogP) is 3.07. The predicted molar refractivity (Wildman–Crippen MR) is 95.6 cm³/mol. The summed E-state index contributed by atoms with van der Waals surface area (Å²) in [6, 6.07) is 12.0. The van der Waals surface area contributed by atoms with Crippen molar-refractivity contribution in [3.8, 4) is 5.75 Å². The number of hydrogen-bond donors (Lipinski definition) is 1. The second-order valence-corrected chi connectivity index (χ2v) is 6.61. The molecule has 1 amide bonds. The fraction of sp³-hybridized carbons (Fsp3) is 0.300. The summed E-state index contributed by atoms with van der Waals surface area (Å²) in [5.74, 6) is 1.22. The molecule has 0 aliphatic heterocycles. The Labute approximate surface area is 146 Å². The molecule has 25 heavy (non-hydrogen) atoms. The zero-order valence-corrected chi connectivity index (χ0v) is 14.4. The SMILES string of the molecule is COc1ccccc1[C@@H]1C[C@@H]1C(=O)NCc1cn2ccc(C)cc2n1. The van der Waals surface area contributed by atoms with Crippen molar-refractivity contribution in [2.45, 2.75) is 25.8 Å². The van der Waals surface area contributed by atoms with Crippen LogP contribution < -0.4 is 10.1 Å². The minimum atomic E-state index is 0.0237. The van der Waals surface area contributed by atoms with Crippen LogP contribution in [0.2, 0.25) is 0 Å². The van der Waals surface area contributed by atoms with Crippen molar-refractivity contribution >= 4 is 11.6 Å². The van der Waals surface area contributed by atoms with Crippen LogP contribution in [-0.2, 0) is 11.3 Å². The van der Waals surface area contributed by atoms with Crippen molar-refractivity contribution in [2.24, 2.45) is 5.92 Å². The summed E-state index contributed by atoms with van der Waals surface area (Å²) in [6.07, 6.45) is 4.82. The van der Waals surface area contributed by atoms with Crippen LogP contribution in [0, 0.1) is 12.8 Å². The van der Waals surface area contributed by atoms with E-state index in [9.17, 15) is 4.79 Å². The van der Waals surface area contributed by atoms with Crippen LogP contribution in [0.15, 0.2) is 48.8 Å². The molecule has 0 bridgehead atoms. The van der Waals surface area contributed by atoms with Gasteiger partial charge in [0.1, 0.15) is 11.4 Å². The van der Waals surface area contributed by atoms with Gasteiger partial charge in [0.15, 0.2) is 0 Å². The van der Waals surface area contributed by atoms with Crippen LogP contribution in [0.25, 0.3) is 5.65 Å². The largest absolute Gasteiger partial charge is 0.496 e. The van der Waals surface area contributed by atoms with Gasteiger partial charge in [0, 0.05) is 18.3 Å². The minimum absolute atomic E-state index is 0.0237. The molecule has 1 aliphatic rings. The zero-order chi connectivity index (χ0) is 17.4. The number of methoxy groups -OCH3 is 1. The monoisotopic (exact) mass is 335 g/mol. The van der Waals surface area contributed by atoms with E-state index in [1.54, 1.807) is 7.11 Å². The van der Waals surface area contributed by atoms with Gasteiger partial charge in [0.25, 0.3) is 0 Å². The number of aromatic nitrogens is 2. The molecule has 1 aliphatic carbocycles. The number of imidazole rings is 1. The number of para-hydroxylation sites is 1. The highest BCUT2D eigenvalue weighted by atomic mass is 16.5. The highest BCUT2D eigenvalue weighted by Crippen LogP contribution is 2.50. The molecule has 2 atom stereocenters. The van der Waals surface area contributed by atoms with Crippen molar-refractivity contribution < 1.29 is 9.53 Å². The number of nitrogens with zero attached hydrogens (tertiary/aromatic N) is 2. The number of nitrogens with one attached hydrogen (secondary N) is 1. The van der Waals surface area contributed by atoms with Gasteiger partial charge in [0.05, 0.1) is 19.3 Å². The molecule has 5 nitrogen and oxygen atoms in total. The first-order valence-electron chi connectivity index (χ1n) is 8.50. The minimum Gasteiger partial charge on any atom is -0.496 e. The van der Waals surface area contributed by atoms with Crippen molar-refractivity contribution in [1.29, 1.82) is 0 Å². The standard InChI is InChI=1S/C20H21N3O2/c1-13-7-8-23-12-14(22-19(23)9-13)11-21-20(24)17-10-16(17)15-5-3-4-6-18(15)25-2/h3-9,12,16-17H,10-11H2,1-2H3,(H,21,24)/t16-,17-/m0/s1. The van der Waals surface area contributed by atoms with Gasteiger partial charge >= 0.3 is 0 Å². The summed E-state index contributed by atoms with van der Waals surface area (Å²) in [6.45, 7) is 2.50. The van der Waals surface area contributed by atoms with Crippen LogP contribution in [-0.4, -0.2) is 22.4 Å². The van der Waals surface area contributed by atoms with E-state index >= 15 is 0 Å². The molecule has 0 saturated heterocycles. The van der Waals surface area contributed by atoms with Gasteiger partial charge in [-0.2, -0.15) is 0 Å². The van der Waals surface area contributed by atoms with E-state index in [0.717, 1.165) is 29.1 Å². The summed E-state index contributed by atoms with van der Waals surface area (Å²) in [4.78, 5) is 17.0.